The molecule has 0 radical (unpaired) electrons. The molecule has 1 aromatic heterocycles. The van der Waals surface area contributed by atoms with E-state index in [0.717, 1.165) is 14.5 Å². The van der Waals surface area contributed by atoms with E-state index in [4.69, 9.17) is 4.74 Å². The molecule has 10 heteroatoms. The quantitative estimate of drug-likeness (QED) is 0.110. The van der Waals surface area contributed by atoms with Crippen LogP contribution in [0.25, 0.3) is 22.3 Å². The summed E-state index contributed by atoms with van der Waals surface area (Å²) in [5.74, 6) is 0.717. The minimum Gasteiger partial charge on any atom is -0.488 e. The number of ether oxygens (including phenoxy) is 1. The van der Waals surface area contributed by atoms with Crippen molar-refractivity contribution < 1.29 is 9.66 Å². The maximum atomic E-state index is 13.4. The van der Waals surface area contributed by atoms with Crippen molar-refractivity contribution in [1.82, 2.24) is 9.66 Å². The van der Waals surface area contributed by atoms with Crippen LogP contribution in [0.15, 0.2) is 110 Å². The highest BCUT2D eigenvalue weighted by atomic mass is 79.9. The van der Waals surface area contributed by atoms with E-state index < -0.39 is 4.92 Å². The number of non-ortho nitro benzene ring substituents is 1. The van der Waals surface area contributed by atoms with Crippen LogP contribution in [-0.2, 0) is 6.61 Å². The Kier molecular flexibility index (Phi) is 7.43. The number of benzene rings is 4. The fourth-order valence-electron chi connectivity index (χ4n) is 3.80. The van der Waals surface area contributed by atoms with E-state index in [9.17, 15) is 14.9 Å². The normalized spacial score (nSPS) is 11.2. The van der Waals surface area contributed by atoms with E-state index in [2.05, 4.69) is 41.9 Å². The second kappa shape index (κ2) is 11.1. The summed E-state index contributed by atoms with van der Waals surface area (Å²) < 4.78 is 8.99. The molecule has 0 atom stereocenters. The summed E-state index contributed by atoms with van der Waals surface area (Å²) in [7, 11) is 0. The van der Waals surface area contributed by atoms with Crippen LogP contribution >= 0.6 is 31.9 Å². The van der Waals surface area contributed by atoms with Gasteiger partial charge in [-0.2, -0.15) is 9.78 Å². The number of fused-ring (bicyclic) bond motifs is 1. The maximum Gasteiger partial charge on any atom is 0.282 e. The van der Waals surface area contributed by atoms with Crippen molar-refractivity contribution >= 4 is 54.7 Å². The molecule has 1 heterocycles. The zero-order valence-electron chi connectivity index (χ0n) is 19.6. The fourth-order valence-corrected chi connectivity index (χ4v) is 4.96. The van der Waals surface area contributed by atoms with Crippen molar-refractivity contribution in [1.29, 1.82) is 0 Å². The minimum absolute atomic E-state index is 0.129. The molecule has 8 nitrogen and oxygen atoms in total. The van der Waals surface area contributed by atoms with Crippen LogP contribution in [0, 0.1) is 10.1 Å². The van der Waals surface area contributed by atoms with Gasteiger partial charge in [0.1, 0.15) is 12.4 Å². The van der Waals surface area contributed by atoms with Crippen LogP contribution in [0.2, 0.25) is 0 Å². The third-order valence-electron chi connectivity index (χ3n) is 5.70. The number of nitrogens with zero attached hydrogens (tertiary/aromatic N) is 4. The Bertz CT molecular complexity index is 1750. The number of halogens is 2. The van der Waals surface area contributed by atoms with Gasteiger partial charge in [0.15, 0.2) is 5.82 Å². The zero-order valence-corrected chi connectivity index (χ0v) is 22.8. The van der Waals surface area contributed by atoms with Gasteiger partial charge in [0, 0.05) is 37.8 Å². The Morgan fingerprint density at radius 1 is 0.974 bits per heavy atom. The van der Waals surface area contributed by atoms with Gasteiger partial charge in [-0.1, -0.05) is 80.4 Å². The van der Waals surface area contributed by atoms with Crippen molar-refractivity contribution in [2.75, 3.05) is 0 Å². The predicted molar refractivity (Wildman–Crippen MR) is 154 cm³/mol. The number of rotatable bonds is 7. The van der Waals surface area contributed by atoms with Crippen molar-refractivity contribution in [2.24, 2.45) is 5.10 Å². The van der Waals surface area contributed by atoms with E-state index in [-0.39, 0.29) is 17.9 Å². The molecule has 4 aromatic carbocycles. The Morgan fingerprint density at radius 2 is 1.74 bits per heavy atom. The van der Waals surface area contributed by atoms with Gasteiger partial charge in [-0.15, -0.1) is 0 Å². The molecule has 0 saturated carbocycles. The van der Waals surface area contributed by atoms with E-state index >= 15 is 0 Å². The SMILES string of the molecule is O=c1c2ccccc2nc(-c2ccccc2)n1N=Cc1cc([N+](=O)[O-])ccc1OCc1ccc(Br)cc1Br. The number of aromatic nitrogens is 2. The lowest BCUT2D eigenvalue weighted by molar-refractivity contribution is -0.384. The van der Waals surface area contributed by atoms with E-state index in [1.54, 1.807) is 18.2 Å². The van der Waals surface area contributed by atoms with E-state index in [1.807, 2.05) is 54.6 Å². The second-order valence-electron chi connectivity index (χ2n) is 8.18. The molecule has 0 amide bonds. The van der Waals surface area contributed by atoms with Gasteiger partial charge in [0.25, 0.3) is 11.2 Å². The topological polar surface area (TPSA) is 99.6 Å². The molecule has 0 N–H and O–H groups in total. The largest absolute Gasteiger partial charge is 0.488 e. The lowest BCUT2D eigenvalue weighted by Gasteiger charge is -2.12. The first kappa shape index (κ1) is 25.5. The number of nitro groups is 1. The Morgan fingerprint density at radius 3 is 2.50 bits per heavy atom. The standard InChI is InChI=1S/C28H18Br2N4O4/c29-21-11-10-19(24(30)15-21)17-38-26-13-12-22(34(36)37)14-20(26)16-31-33-27(18-6-2-1-3-7-18)32-25-9-5-4-8-23(25)28(33)35/h1-16H,17H2. The average molecular weight is 634 g/mol. The molecular weight excluding hydrogens is 616 g/mol. The average Bonchev–Trinajstić information content (AvgIpc) is 2.92. The Labute approximate surface area is 233 Å². The van der Waals surface area contributed by atoms with Gasteiger partial charge < -0.3 is 4.74 Å². The van der Waals surface area contributed by atoms with E-state index in [1.165, 1.54) is 29.1 Å². The first-order chi connectivity index (χ1) is 18.4. The highest BCUT2D eigenvalue weighted by molar-refractivity contribution is 9.11. The summed E-state index contributed by atoms with van der Waals surface area (Å²) in [5, 5.41) is 16.3. The molecule has 0 bridgehead atoms. The molecule has 5 aromatic rings. The van der Waals surface area contributed by atoms with Gasteiger partial charge in [0.05, 0.1) is 22.0 Å². The van der Waals surface area contributed by atoms with Crippen LogP contribution in [0.4, 0.5) is 5.69 Å². The molecule has 5 rings (SSSR count). The zero-order chi connectivity index (χ0) is 26.6. The molecule has 0 aliphatic carbocycles. The van der Waals surface area contributed by atoms with Crippen LogP contribution in [0.5, 0.6) is 5.75 Å². The lowest BCUT2D eigenvalue weighted by Crippen LogP contribution is -2.20. The van der Waals surface area contributed by atoms with Gasteiger partial charge in [-0.3, -0.25) is 14.9 Å². The summed E-state index contributed by atoms with van der Waals surface area (Å²) in [6.07, 6.45) is 1.38. The fraction of sp³-hybridized carbons (Fsp3) is 0.0357. The molecule has 0 spiro atoms. The van der Waals surface area contributed by atoms with Crippen molar-refractivity contribution in [2.45, 2.75) is 6.61 Å². The number of hydrogen-bond donors (Lipinski definition) is 0. The molecule has 0 unspecified atom stereocenters. The minimum atomic E-state index is -0.494. The van der Waals surface area contributed by atoms with Crippen LogP contribution in [0.1, 0.15) is 11.1 Å². The third kappa shape index (κ3) is 5.41. The van der Waals surface area contributed by atoms with E-state index in [0.29, 0.717) is 33.6 Å². The van der Waals surface area contributed by atoms with Crippen LogP contribution < -0.4 is 10.3 Å². The first-order valence-electron chi connectivity index (χ1n) is 11.4. The van der Waals surface area contributed by atoms with Gasteiger partial charge >= 0.3 is 0 Å². The van der Waals surface area contributed by atoms with Gasteiger partial charge in [-0.05, 0) is 30.3 Å². The number of nitro benzene ring substituents is 1. The monoisotopic (exact) mass is 632 g/mol. The maximum absolute atomic E-state index is 13.4. The Balaban J connectivity index is 1.59. The number of hydrogen-bond acceptors (Lipinski definition) is 6. The predicted octanol–water partition coefficient (Wildman–Crippen LogP) is 6.96. The highest BCUT2D eigenvalue weighted by Gasteiger charge is 2.15. The van der Waals surface area contributed by atoms with Gasteiger partial charge in [0.2, 0.25) is 0 Å². The molecule has 0 aliphatic heterocycles. The van der Waals surface area contributed by atoms with Crippen molar-refractivity contribution in [3.8, 4) is 17.1 Å². The summed E-state index contributed by atoms with van der Waals surface area (Å²) in [6, 6.07) is 26.2. The number of para-hydroxylation sites is 1. The smallest absolute Gasteiger partial charge is 0.282 e. The van der Waals surface area contributed by atoms with Crippen LogP contribution in [-0.4, -0.2) is 20.8 Å². The molecular formula is C28H18Br2N4O4. The van der Waals surface area contributed by atoms with Crippen LogP contribution in [0.3, 0.4) is 0 Å². The van der Waals surface area contributed by atoms with Crippen molar-refractivity contribution in [3.63, 3.8) is 0 Å². The first-order valence-corrected chi connectivity index (χ1v) is 13.0. The Hall–Kier alpha value is -4.15. The molecule has 0 saturated heterocycles. The lowest BCUT2D eigenvalue weighted by atomic mass is 10.2. The second-order valence-corrected chi connectivity index (χ2v) is 9.95. The molecule has 38 heavy (non-hydrogen) atoms. The molecule has 0 fully saturated rings. The third-order valence-corrected chi connectivity index (χ3v) is 6.93. The molecule has 188 valence electrons. The van der Waals surface area contributed by atoms with Crippen molar-refractivity contribution in [3.05, 3.63) is 132 Å². The summed E-state index contributed by atoms with van der Waals surface area (Å²) in [6.45, 7) is 0.208. The highest BCUT2D eigenvalue weighted by Crippen LogP contribution is 2.27. The summed E-state index contributed by atoms with van der Waals surface area (Å²) >= 11 is 6.94. The van der Waals surface area contributed by atoms with Gasteiger partial charge in [-0.25, -0.2) is 4.98 Å². The molecule has 0 aliphatic rings. The summed E-state index contributed by atoms with van der Waals surface area (Å²) in [4.78, 5) is 29.1. The summed E-state index contributed by atoms with van der Waals surface area (Å²) in [5.41, 5.74) is 1.97.